The summed E-state index contributed by atoms with van der Waals surface area (Å²) >= 11 is 0. The second-order valence-electron chi connectivity index (χ2n) is 5.89. The molecule has 0 heterocycles. The van der Waals surface area contributed by atoms with Crippen molar-refractivity contribution in [3.63, 3.8) is 0 Å². The lowest BCUT2D eigenvalue weighted by Gasteiger charge is -2.34. The first-order valence-electron chi connectivity index (χ1n) is 6.68. The topological polar surface area (TPSA) is 61.6 Å². The van der Waals surface area contributed by atoms with Crippen molar-refractivity contribution in [3.05, 3.63) is 0 Å². The Hall–Kier alpha value is -0.650. The Morgan fingerprint density at radius 1 is 1.17 bits per heavy atom. The van der Waals surface area contributed by atoms with Crippen LogP contribution in [0.3, 0.4) is 0 Å². The van der Waals surface area contributed by atoms with E-state index in [2.05, 4.69) is 42.9 Å². The van der Waals surface area contributed by atoms with Gasteiger partial charge >= 0.3 is 0 Å². The van der Waals surface area contributed by atoms with E-state index in [1.807, 2.05) is 14.1 Å². The van der Waals surface area contributed by atoms with Crippen LogP contribution in [-0.2, 0) is 4.79 Å². The molecule has 0 aliphatic carbocycles. The Labute approximate surface area is 112 Å². The van der Waals surface area contributed by atoms with Gasteiger partial charge in [-0.3, -0.25) is 15.1 Å². The van der Waals surface area contributed by atoms with E-state index in [0.29, 0.717) is 5.92 Å². The Bertz CT molecular complexity index is 241. The quantitative estimate of drug-likeness (QED) is 0.378. The molecule has 1 atom stereocenters. The van der Waals surface area contributed by atoms with Crippen LogP contribution in [0.2, 0.25) is 0 Å². The van der Waals surface area contributed by atoms with Crippen molar-refractivity contribution in [3.8, 4) is 0 Å². The number of nitrogens with two attached hydrogens (primary N) is 1. The number of hydrogen-bond acceptors (Lipinski definition) is 4. The van der Waals surface area contributed by atoms with E-state index < -0.39 is 0 Å². The molecule has 0 saturated heterocycles. The maximum Gasteiger partial charge on any atom is 0.251 e. The molecule has 0 aliphatic rings. The largest absolute Gasteiger partial charge is 0.308 e. The van der Waals surface area contributed by atoms with Gasteiger partial charge in [0.25, 0.3) is 5.91 Å². The SMILES string of the molecule is CC(C)CN(CCN(C)C)C(C(=O)NN)C(C)C. The number of likely N-dealkylation sites (N-methyl/N-ethyl adjacent to an activating group) is 1. The maximum atomic E-state index is 11.9. The minimum Gasteiger partial charge on any atom is -0.308 e. The summed E-state index contributed by atoms with van der Waals surface area (Å²) in [6.07, 6.45) is 0. The van der Waals surface area contributed by atoms with Gasteiger partial charge in [-0.25, -0.2) is 5.84 Å². The van der Waals surface area contributed by atoms with E-state index in [-0.39, 0.29) is 17.9 Å². The van der Waals surface area contributed by atoms with E-state index in [0.717, 1.165) is 19.6 Å². The van der Waals surface area contributed by atoms with E-state index in [9.17, 15) is 4.79 Å². The third kappa shape index (κ3) is 6.33. The summed E-state index contributed by atoms with van der Waals surface area (Å²) in [7, 11) is 4.09. The Morgan fingerprint density at radius 2 is 1.72 bits per heavy atom. The van der Waals surface area contributed by atoms with Gasteiger partial charge in [0.05, 0.1) is 6.04 Å². The van der Waals surface area contributed by atoms with Crippen molar-refractivity contribution >= 4 is 5.91 Å². The zero-order valence-electron chi connectivity index (χ0n) is 12.7. The molecule has 0 spiro atoms. The van der Waals surface area contributed by atoms with Crippen molar-refractivity contribution in [2.45, 2.75) is 33.7 Å². The predicted molar refractivity (Wildman–Crippen MR) is 75.9 cm³/mol. The lowest BCUT2D eigenvalue weighted by molar-refractivity contribution is -0.128. The number of hydrogen-bond donors (Lipinski definition) is 2. The van der Waals surface area contributed by atoms with Crippen LogP contribution in [0.5, 0.6) is 0 Å². The molecule has 0 saturated carbocycles. The van der Waals surface area contributed by atoms with Crippen molar-refractivity contribution in [2.24, 2.45) is 17.7 Å². The van der Waals surface area contributed by atoms with Crippen LogP contribution < -0.4 is 11.3 Å². The lowest BCUT2D eigenvalue weighted by Crippen LogP contribution is -2.54. The average Bonchev–Trinajstić information content (AvgIpc) is 2.24. The molecule has 0 bridgehead atoms. The van der Waals surface area contributed by atoms with Gasteiger partial charge in [-0.05, 0) is 25.9 Å². The number of nitrogens with one attached hydrogen (secondary N) is 1. The molecule has 5 nitrogen and oxygen atoms in total. The van der Waals surface area contributed by atoms with Crippen LogP contribution in [0.15, 0.2) is 0 Å². The highest BCUT2D eigenvalue weighted by atomic mass is 16.2. The summed E-state index contributed by atoms with van der Waals surface area (Å²) in [5.74, 6) is 5.98. The summed E-state index contributed by atoms with van der Waals surface area (Å²) < 4.78 is 0. The van der Waals surface area contributed by atoms with Crippen LogP contribution in [0, 0.1) is 11.8 Å². The van der Waals surface area contributed by atoms with Crippen molar-refractivity contribution in [2.75, 3.05) is 33.7 Å². The highest BCUT2D eigenvalue weighted by molar-refractivity contribution is 5.81. The van der Waals surface area contributed by atoms with Gasteiger partial charge in [-0.2, -0.15) is 0 Å². The standard InChI is InChI=1S/C13H30N4O/c1-10(2)9-17(8-7-16(5)6)12(11(3)4)13(18)15-14/h10-12H,7-9,14H2,1-6H3,(H,15,18). The van der Waals surface area contributed by atoms with Gasteiger partial charge in [-0.1, -0.05) is 27.7 Å². The summed E-state index contributed by atoms with van der Waals surface area (Å²) in [5.41, 5.74) is 2.29. The smallest absolute Gasteiger partial charge is 0.251 e. The summed E-state index contributed by atoms with van der Waals surface area (Å²) in [6, 6.07) is -0.155. The van der Waals surface area contributed by atoms with Crippen LogP contribution in [-0.4, -0.2) is 55.5 Å². The van der Waals surface area contributed by atoms with Gasteiger partial charge in [0, 0.05) is 19.6 Å². The van der Waals surface area contributed by atoms with Gasteiger partial charge in [0.1, 0.15) is 0 Å². The molecule has 18 heavy (non-hydrogen) atoms. The number of nitrogens with zero attached hydrogens (tertiary/aromatic N) is 2. The van der Waals surface area contributed by atoms with Gasteiger partial charge < -0.3 is 4.90 Å². The van der Waals surface area contributed by atoms with Gasteiger partial charge in [0.2, 0.25) is 0 Å². The third-order valence-corrected chi connectivity index (χ3v) is 2.87. The molecule has 1 amide bonds. The van der Waals surface area contributed by atoms with E-state index in [1.54, 1.807) is 0 Å². The van der Waals surface area contributed by atoms with Gasteiger partial charge in [-0.15, -0.1) is 0 Å². The molecule has 0 aliphatic heterocycles. The van der Waals surface area contributed by atoms with E-state index >= 15 is 0 Å². The molecular formula is C13H30N4O. The number of carbonyl (C=O) groups is 1. The first kappa shape index (κ1) is 17.4. The average molecular weight is 258 g/mol. The van der Waals surface area contributed by atoms with Crippen LogP contribution in [0.25, 0.3) is 0 Å². The highest BCUT2D eigenvalue weighted by Gasteiger charge is 2.28. The first-order valence-corrected chi connectivity index (χ1v) is 6.68. The zero-order chi connectivity index (χ0) is 14.3. The molecule has 0 aromatic rings. The second kappa shape index (κ2) is 8.45. The van der Waals surface area contributed by atoms with Gasteiger partial charge in [0.15, 0.2) is 0 Å². The molecule has 3 N–H and O–H groups in total. The summed E-state index contributed by atoms with van der Waals surface area (Å²) in [6.45, 7) is 11.2. The first-order chi connectivity index (χ1) is 8.29. The van der Waals surface area contributed by atoms with E-state index in [4.69, 9.17) is 5.84 Å². The molecule has 1 unspecified atom stereocenters. The zero-order valence-corrected chi connectivity index (χ0v) is 12.7. The second-order valence-corrected chi connectivity index (χ2v) is 5.89. The molecule has 0 fully saturated rings. The maximum absolute atomic E-state index is 11.9. The number of hydrazine groups is 1. The molecule has 0 radical (unpaired) electrons. The van der Waals surface area contributed by atoms with Crippen LogP contribution in [0.4, 0.5) is 0 Å². The van der Waals surface area contributed by atoms with Crippen LogP contribution >= 0.6 is 0 Å². The third-order valence-electron chi connectivity index (χ3n) is 2.87. The Balaban J connectivity index is 4.79. The predicted octanol–water partition coefficient (Wildman–Crippen LogP) is 0.521. The van der Waals surface area contributed by atoms with Crippen molar-refractivity contribution in [1.82, 2.24) is 15.2 Å². The summed E-state index contributed by atoms with van der Waals surface area (Å²) in [4.78, 5) is 16.3. The van der Waals surface area contributed by atoms with Crippen LogP contribution in [0.1, 0.15) is 27.7 Å². The Kier molecular flexibility index (Phi) is 8.15. The molecular weight excluding hydrogens is 228 g/mol. The molecule has 0 rings (SSSR count). The highest BCUT2D eigenvalue weighted by Crippen LogP contribution is 2.13. The fraction of sp³-hybridized carbons (Fsp3) is 0.923. The minimum atomic E-state index is -0.155. The molecule has 108 valence electrons. The fourth-order valence-electron chi connectivity index (χ4n) is 2.12. The van der Waals surface area contributed by atoms with Crippen molar-refractivity contribution < 1.29 is 4.79 Å². The number of amides is 1. The molecule has 0 aromatic heterocycles. The summed E-state index contributed by atoms with van der Waals surface area (Å²) in [5, 5.41) is 0. The van der Waals surface area contributed by atoms with Crippen molar-refractivity contribution in [1.29, 1.82) is 0 Å². The molecule has 0 aromatic carbocycles. The lowest BCUT2D eigenvalue weighted by atomic mass is 10.0. The van der Waals surface area contributed by atoms with E-state index in [1.165, 1.54) is 0 Å². The molecule has 5 heteroatoms. The monoisotopic (exact) mass is 258 g/mol. The Morgan fingerprint density at radius 3 is 2.06 bits per heavy atom. The number of carbonyl (C=O) groups excluding carboxylic acids is 1. The minimum absolute atomic E-state index is 0.0931. The fourth-order valence-corrected chi connectivity index (χ4v) is 2.12. The normalized spacial score (nSPS) is 13.7. The number of rotatable bonds is 8.